The Kier molecular flexibility index (Phi) is 51.0. The summed E-state index contributed by atoms with van der Waals surface area (Å²) in [7, 11) is 5.96. The number of nitrogens with zero attached hydrogens (tertiary/aromatic N) is 1. The molecule has 0 radical (unpaired) electrons. The van der Waals surface area contributed by atoms with Crippen LogP contribution in [0.3, 0.4) is 0 Å². The number of carbonyl (C=O) groups is 3. The maximum Gasteiger partial charge on any atom is 0.361 e. The number of hydrogen-bond donors (Lipinski definition) is 1. The number of carbonyl (C=O) groups excluding carboxylic acids is 2. The van der Waals surface area contributed by atoms with Crippen molar-refractivity contribution in [3.05, 3.63) is 60.8 Å². The minimum atomic E-state index is -1.51. The molecule has 0 aliphatic heterocycles. The Balaban J connectivity index is 4.15. The van der Waals surface area contributed by atoms with Crippen molar-refractivity contribution in [2.24, 2.45) is 0 Å². The monoisotopic (exact) mass is 999 g/mol. The van der Waals surface area contributed by atoms with Crippen LogP contribution < -0.4 is 0 Å². The lowest BCUT2D eigenvalue weighted by Gasteiger charge is -2.25. The largest absolute Gasteiger partial charge is 0.477 e. The first kappa shape index (κ1) is 68.0. The van der Waals surface area contributed by atoms with E-state index in [2.05, 4.69) is 74.6 Å². The second kappa shape index (κ2) is 53.3. The van der Waals surface area contributed by atoms with Crippen molar-refractivity contribution in [1.82, 2.24) is 0 Å². The molecule has 9 nitrogen and oxygen atoms in total. The van der Waals surface area contributed by atoms with Crippen LogP contribution in [-0.4, -0.2) is 87.4 Å². The van der Waals surface area contributed by atoms with Crippen LogP contribution in [-0.2, 0) is 33.3 Å². The average molecular weight is 1000 g/mol. The van der Waals surface area contributed by atoms with Crippen LogP contribution in [0, 0.1) is 0 Å². The fourth-order valence-corrected chi connectivity index (χ4v) is 8.24. The first-order valence-electron chi connectivity index (χ1n) is 29.5. The van der Waals surface area contributed by atoms with Crippen LogP contribution in [0.4, 0.5) is 0 Å². The Labute approximate surface area is 437 Å². The fraction of sp³-hybridized carbons (Fsp3) is 0.790. The van der Waals surface area contributed by atoms with Crippen molar-refractivity contribution >= 4 is 17.9 Å². The minimum absolute atomic E-state index is 0.184. The standard InChI is InChI=1S/C62H111NO8/c1-6-8-10-12-14-16-18-20-22-24-25-26-27-28-29-30-31-32-33-34-35-37-38-40-42-44-46-48-50-52-59(64)69-56-58(57-70-62(61(66)67)68-55-54-63(3,4)5)71-60(65)53-51-49-47-45-43-41-39-36-23-21-19-17-15-13-11-9-7-2/h9,11,15,17-18,20-21,23-25,58,62H,6-8,10,12-14,16,19,22,26-57H2,1-5H3/p+1/b11-9-,17-15-,20-18-,23-21-,25-24-. The van der Waals surface area contributed by atoms with Gasteiger partial charge in [-0.15, -0.1) is 0 Å². The van der Waals surface area contributed by atoms with Gasteiger partial charge >= 0.3 is 17.9 Å². The summed E-state index contributed by atoms with van der Waals surface area (Å²) in [6.45, 7) is 4.76. The molecule has 0 aromatic heterocycles. The van der Waals surface area contributed by atoms with Gasteiger partial charge in [0.1, 0.15) is 13.2 Å². The van der Waals surface area contributed by atoms with Gasteiger partial charge in [-0.25, -0.2) is 4.79 Å². The van der Waals surface area contributed by atoms with Crippen LogP contribution in [0.1, 0.15) is 258 Å². The molecular formula is C62H112NO8+. The molecule has 412 valence electrons. The van der Waals surface area contributed by atoms with Crippen LogP contribution >= 0.6 is 0 Å². The predicted molar refractivity (Wildman–Crippen MR) is 300 cm³/mol. The first-order valence-corrected chi connectivity index (χ1v) is 29.5. The number of unbranched alkanes of at least 4 members (excludes halogenated alkanes) is 29. The van der Waals surface area contributed by atoms with Gasteiger partial charge in [-0.05, 0) is 77.0 Å². The quantitative estimate of drug-likeness (QED) is 0.0211. The van der Waals surface area contributed by atoms with Gasteiger partial charge in [0.15, 0.2) is 6.10 Å². The van der Waals surface area contributed by atoms with Crippen LogP contribution in [0.5, 0.6) is 0 Å². The summed E-state index contributed by atoms with van der Waals surface area (Å²) in [4.78, 5) is 37.4. The maximum absolute atomic E-state index is 12.8. The van der Waals surface area contributed by atoms with Gasteiger partial charge in [-0.3, -0.25) is 9.59 Å². The summed E-state index contributed by atoms with van der Waals surface area (Å²) in [6, 6.07) is 0. The Bertz CT molecular complexity index is 1350. The highest BCUT2D eigenvalue weighted by atomic mass is 16.7. The maximum atomic E-state index is 12.8. The van der Waals surface area contributed by atoms with E-state index in [-0.39, 0.29) is 32.2 Å². The van der Waals surface area contributed by atoms with Gasteiger partial charge in [0.05, 0.1) is 34.4 Å². The molecule has 0 saturated heterocycles. The third kappa shape index (κ3) is 54.6. The van der Waals surface area contributed by atoms with Crippen molar-refractivity contribution in [2.75, 3.05) is 47.5 Å². The molecule has 1 N–H and O–H groups in total. The van der Waals surface area contributed by atoms with Crippen molar-refractivity contribution in [3.63, 3.8) is 0 Å². The highest BCUT2D eigenvalue weighted by Crippen LogP contribution is 2.16. The average Bonchev–Trinajstić information content (AvgIpc) is 3.34. The molecule has 0 fully saturated rings. The lowest BCUT2D eigenvalue weighted by molar-refractivity contribution is -0.870. The number of ether oxygens (including phenoxy) is 4. The lowest BCUT2D eigenvalue weighted by atomic mass is 10.0. The third-order valence-electron chi connectivity index (χ3n) is 12.8. The summed E-state index contributed by atoms with van der Waals surface area (Å²) in [5.74, 6) is -2.01. The first-order chi connectivity index (χ1) is 34.6. The van der Waals surface area contributed by atoms with Crippen LogP contribution in [0.15, 0.2) is 60.8 Å². The Morgan fingerprint density at radius 3 is 1.20 bits per heavy atom. The zero-order valence-corrected chi connectivity index (χ0v) is 46.9. The lowest BCUT2D eigenvalue weighted by Crippen LogP contribution is -2.40. The molecule has 0 aliphatic rings. The Morgan fingerprint density at radius 1 is 0.437 bits per heavy atom. The van der Waals surface area contributed by atoms with Crippen molar-refractivity contribution in [1.29, 1.82) is 0 Å². The number of carboxylic acid groups (broad SMARTS) is 1. The van der Waals surface area contributed by atoms with E-state index < -0.39 is 24.3 Å². The van der Waals surface area contributed by atoms with E-state index >= 15 is 0 Å². The fourth-order valence-electron chi connectivity index (χ4n) is 8.24. The Hall–Kier alpha value is -3.01. The van der Waals surface area contributed by atoms with Crippen LogP contribution in [0.25, 0.3) is 0 Å². The second-order valence-corrected chi connectivity index (χ2v) is 20.9. The number of aliphatic carboxylic acids is 1. The van der Waals surface area contributed by atoms with Gasteiger partial charge in [0.2, 0.25) is 0 Å². The smallest absolute Gasteiger partial charge is 0.361 e. The molecule has 2 unspecified atom stereocenters. The molecule has 0 amide bonds. The third-order valence-corrected chi connectivity index (χ3v) is 12.8. The molecule has 0 spiro atoms. The van der Waals surface area contributed by atoms with E-state index in [1.54, 1.807) is 0 Å². The molecule has 0 rings (SSSR count). The van der Waals surface area contributed by atoms with E-state index in [1.165, 1.54) is 154 Å². The van der Waals surface area contributed by atoms with Gasteiger partial charge in [-0.1, -0.05) is 229 Å². The van der Waals surface area contributed by atoms with E-state index in [9.17, 15) is 19.5 Å². The number of rotatable bonds is 54. The summed E-state index contributed by atoms with van der Waals surface area (Å²) in [5.41, 5.74) is 0. The van der Waals surface area contributed by atoms with Gasteiger partial charge in [0, 0.05) is 12.8 Å². The molecule has 0 saturated carbocycles. The van der Waals surface area contributed by atoms with E-state index in [0.717, 1.165) is 70.6 Å². The molecule has 0 aliphatic carbocycles. The van der Waals surface area contributed by atoms with E-state index in [1.807, 2.05) is 21.1 Å². The minimum Gasteiger partial charge on any atom is -0.477 e. The summed E-state index contributed by atoms with van der Waals surface area (Å²) >= 11 is 0. The Morgan fingerprint density at radius 2 is 0.803 bits per heavy atom. The summed E-state index contributed by atoms with van der Waals surface area (Å²) in [5, 5.41) is 9.70. The molecular weight excluding hydrogens is 887 g/mol. The molecule has 0 aromatic carbocycles. The zero-order chi connectivity index (χ0) is 52.0. The second-order valence-electron chi connectivity index (χ2n) is 20.9. The van der Waals surface area contributed by atoms with Crippen LogP contribution in [0.2, 0.25) is 0 Å². The molecule has 2 atom stereocenters. The highest BCUT2D eigenvalue weighted by Gasteiger charge is 2.25. The number of allylic oxidation sites excluding steroid dienone is 10. The van der Waals surface area contributed by atoms with Crippen molar-refractivity contribution in [2.45, 2.75) is 270 Å². The molecule has 9 heteroatoms. The normalized spacial score (nSPS) is 13.2. The predicted octanol–water partition coefficient (Wildman–Crippen LogP) is 17.2. The van der Waals surface area contributed by atoms with E-state index in [0.29, 0.717) is 23.9 Å². The molecule has 0 heterocycles. The molecule has 0 aromatic rings. The number of esters is 2. The zero-order valence-electron chi connectivity index (χ0n) is 46.9. The van der Waals surface area contributed by atoms with Gasteiger partial charge in [0.25, 0.3) is 6.29 Å². The summed E-state index contributed by atoms with van der Waals surface area (Å²) < 4.78 is 22.9. The van der Waals surface area contributed by atoms with E-state index in [4.69, 9.17) is 18.9 Å². The highest BCUT2D eigenvalue weighted by molar-refractivity contribution is 5.71. The number of carboxylic acids is 1. The topological polar surface area (TPSA) is 108 Å². The molecule has 71 heavy (non-hydrogen) atoms. The van der Waals surface area contributed by atoms with Crippen molar-refractivity contribution < 1.29 is 42.9 Å². The molecule has 0 bridgehead atoms. The number of hydrogen-bond acceptors (Lipinski definition) is 7. The summed E-state index contributed by atoms with van der Waals surface area (Å²) in [6.07, 6.45) is 64.5. The number of likely N-dealkylation sites (N-methyl/N-ethyl adjacent to an activating group) is 1. The SMILES string of the molecule is CC/C=C\C/C=C\C/C=C\CCCCCCCCCC(=O)OC(COC(=O)CCCCCCCCCCCCCCCCCCC/C=C\C/C=C\CCCCCCC)COC(OCC[N+](C)(C)C)C(=O)O. The van der Waals surface area contributed by atoms with Gasteiger partial charge < -0.3 is 28.5 Å². The van der Waals surface area contributed by atoms with Crippen molar-refractivity contribution in [3.8, 4) is 0 Å². The number of quaternary nitrogens is 1. The van der Waals surface area contributed by atoms with Gasteiger partial charge in [-0.2, -0.15) is 0 Å².